The second-order valence-corrected chi connectivity index (χ2v) is 11.4. The number of hydrogen-bond donors (Lipinski definition) is 2. The Kier molecular flexibility index (Phi) is 8.58. The topological polar surface area (TPSA) is 100 Å². The first-order valence-electron chi connectivity index (χ1n) is 12.4. The second kappa shape index (κ2) is 11.8. The fraction of sp³-hybridized carbons (Fsp3) is 0.286. The summed E-state index contributed by atoms with van der Waals surface area (Å²) in [7, 11) is -3.99. The van der Waals surface area contributed by atoms with Crippen LogP contribution in [0.3, 0.4) is 0 Å². The number of nitriles is 1. The lowest BCUT2D eigenvalue weighted by Crippen LogP contribution is -2.51. The quantitative estimate of drug-likeness (QED) is 0.264. The summed E-state index contributed by atoms with van der Waals surface area (Å²) in [6.07, 6.45) is -4.33. The van der Waals surface area contributed by atoms with Gasteiger partial charge in [-0.15, -0.1) is 0 Å². The van der Waals surface area contributed by atoms with Crippen molar-refractivity contribution in [3.8, 4) is 6.07 Å². The van der Waals surface area contributed by atoms with Crippen LogP contribution in [0.15, 0.2) is 65.6 Å². The minimum absolute atomic E-state index is 0.00261. The van der Waals surface area contributed by atoms with Crippen molar-refractivity contribution in [2.75, 3.05) is 31.5 Å². The predicted octanol–water partition coefficient (Wildman–Crippen LogP) is 5.75. The van der Waals surface area contributed by atoms with Gasteiger partial charge in [0, 0.05) is 55.4 Å². The van der Waals surface area contributed by atoms with E-state index in [0.29, 0.717) is 33.6 Å². The molecular weight excluding hydrogens is 546 g/mol. The van der Waals surface area contributed by atoms with Gasteiger partial charge in [0.05, 0.1) is 22.9 Å². The molecule has 210 valence electrons. The van der Waals surface area contributed by atoms with Crippen LogP contribution in [0.2, 0.25) is 0 Å². The summed E-state index contributed by atoms with van der Waals surface area (Å²) in [5.41, 5.74) is 3.16. The SMILES string of the molecule is Cc1cc(Nc2ccc(F)cc2)c(C=N)cc1[C@@H]1CN(S(=O)(=O)c2ccc(C#N)cc2)CCN1CCC(F)(F)F. The van der Waals surface area contributed by atoms with Crippen molar-refractivity contribution >= 4 is 27.6 Å². The first-order valence-corrected chi connectivity index (χ1v) is 13.8. The number of benzene rings is 3. The van der Waals surface area contributed by atoms with E-state index in [2.05, 4.69) is 5.32 Å². The van der Waals surface area contributed by atoms with E-state index >= 15 is 0 Å². The molecule has 4 rings (SSSR count). The maximum atomic E-state index is 13.4. The van der Waals surface area contributed by atoms with Gasteiger partial charge in [0.1, 0.15) is 5.82 Å². The number of aryl methyl sites for hydroxylation is 1. The van der Waals surface area contributed by atoms with Crippen LogP contribution in [0, 0.1) is 29.5 Å². The van der Waals surface area contributed by atoms with Crippen LogP contribution in [-0.4, -0.2) is 56.2 Å². The van der Waals surface area contributed by atoms with Gasteiger partial charge in [-0.2, -0.15) is 22.7 Å². The summed E-state index contributed by atoms with van der Waals surface area (Å²) < 4.78 is 80.9. The fourth-order valence-electron chi connectivity index (χ4n) is 4.72. The van der Waals surface area contributed by atoms with Crippen molar-refractivity contribution in [3.63, 3.8) is 0 Å². The van der Waals surface area contributed by atoms with Crippen LogP contribution < -0.4 is 5.32 Å². The average Bonchev–Trinajstić information content (AvgIpc) is 2.93. The fourth-order valence-corrected chi connectivity index (χ4v) is 6.15. The Morgan fingerprint density at radius 1 is 1.10 bits per heavy atom. The van der Waals surface area contributed by atoms with Gasteiger partial charge in [0.2, 0.25) is 10.0 Å². The van der Waals surface area contributed by atoms with E-state index in [1.54, 1.807) is 24.0 Å². The smallest absolute Gasteiger partial charge is 0.355 e. The maximum Gasteiger partial charge on any atom is 0.390 e. The number of nitrogens with one attached hydrogen (secondary N) is 2. The number of piperazine rings is 1. The molecule has 0 saturated carbocycles. The van der Waals surface area contributed by atoms with Gasteiger partial charge in [-0.3, -0.25) is 4.90 Å². The van der Waals surface area contributed by atoms with Crippen LogP contribution in [0.1, 0.15) is 34.7 Å². The van der Waals surface area contributed by atoms with E-state index in [1.165, 1.54) is 52.8 Å². The Morgan fingerprint density at radius 3 is 2.38 bits per heavy atom. The van der Waals surface area contributed by atoms with E-state index < -0.39 is 34.5 Å². The number of halogens is 4. The molecule has 3 aromatic carbocycles. The van der Waals surface area contributed by atoms with Gasteiger partial charge in [0.15, 0.2) is 0 Å². The molecular formula is C28H27F4N5O2S. The van der Waals surface area contributed by atoms with E-state index in [1.807, 2.05) is 6.07 Å². The largest absolute Gasteiger partial charge is 0.390 e. The zero-order chi connectivity index (χ0) is 29.1. The molecule has 12 heteroatoms. The van der Waals surface area contributed by atoms with Gasteiger partial charge in [-0.05, 0) is 78.7 Å². The Morgan fingerprint density at radius 2 is 1.77 bits per heavy atom. The van der Waals surface area contributed by atoms with Crippen molar-refractivity contribution in [1.82, 2.24) is 9.21 Å². The molecule has 40 heavy (non-hydrogen) atoms. The number of rotatable bonds is 8. The molecule has 1 fully saturated rings. The van der Waals surface area contributed by atoms with E-state index in [4.69, 9.17) is 10.7 Å². The Bertz CT molecular complexity index is 1520. The minimum atomic E-state index is -4.38. The number of sulfonamides is 1. The Hall–Kier alpha value is -3.79. The number of hydrogen-bond acceptors (Lipinski definition) is 6. The van der Waals surface area contributed by atoms with Crippen LogP contribution in [-0.2, 0) is 10.0 Å². The highest BCUT2D eigenvalue weighted by atomic mass is 32.2. The van der Waals surface area contributed by atoms with E-state index in [9.17, 15) is 26.0 Å². The summed E-state index contributed by atoms with van der Waals surface area (Å²) in [5, 5.41) is 20.1. The number of anilines is 2. The summed E-state index contributed by atoms with van der Waals surface area (Å²) >= 11 is 0. The lowest BCUT2D eigenvalue weighted by Gasteiger charge is -2.42. The highest BCUT2D eigenvalue weighted by molar-refractivity contribution is 7.89. The van der Waals surface area contributed by atoms with Gasteiger partial charge in [-0.1, -0.05) is 0 Å². The zero-order valence-electron chi connectivity index (χ0n) is 21.5. The third-order valence-electron chi connectivity index (χ3n) is 6.83. The molecule has 7 nitrogen and oxygen atoms in total. The molecule has 1 aliphatic rings. The first-order chi connectivity index (χ1) is 18.9. The van der Waals surface area contributed by atoms with Gasteiger partial charge < -0.3 is 10.7 Å². The van der Waals surface area contributed by atoms with Crippen molar-refractivity contribution in [2.24, 2.45) is 0 Å². The third kappa shape index (κ3) is 6.67. The summed E-state index contributed by atoms with van der Waals surface area (Å²) in [5.74, 6) is -0.402. The number of alkyl halides is 3. The maximum absolute atomic E-state index is 13.4. The van der Waals surface area contributed by atoms with E-state index in [-0.39, 0.29) is 31.1 Å². The Balaban J connectivity index is 1.69. The lowest BCUT2D eigenvalue weighted by molar-refractivity contribution is -0.140. The summed E-state index contributed by atoms with van der Waals surface area (Å²) in [4.78, 5) is 1.62. The predicted molar refractivity (Wildman–Crippen MR) is 144 cm³/mol. The van der Waals surface area contributed by atoms with Gasteiger partial charge in [0.25, 0.3) is 0 Å². The molecule has 1 heterocycles. The Labute approximate surface area is 230 Å². The molecule has 0 amide bonds. The summed E-state index contributed by atoms with van der Waals surface area (Å²) in [6, 6.07) is 15.8. The molecule has 0 bridgehead atoms. The lowest BCUT2D eigenvalue weighted by atomic mass is 9.94. The molecule has 0 unspecified atom stereocenters. The van der Waals surface area contributed by atoms with Crippen molar-refractivity contribution in [2.45, 2.75) is 30.5 Å². The molecule has 3 aromatic rings. The van der Waals surface area contributed by atoms with Crippen LogP contribution >= 0.6 is 0 Å². The van der Waals surface area contributed by atoms with E-state index in [0.717, 1.165) is 6.21 Å². The molecule has 1 aliphatic heterocycles. The van der Waals surface area contributed by atoms with Crippen LogP contribution in [0.5, 0.6) is 0 Å². The molecule has 2 N–H and O–H groups in total. The van der Waals surface area contributed by atoms with Crippen LogP contribution in [0.4, 0.5) is 28.9 Å². The molecule has 0 spiro atoms. The molecule has 0 radical (unpaired) electrons. The monoisotopic (exact) mass is 573 g/mol. The van der Waals surface area contributed by atoms with Gasteiger partial charge in [-0.25, -0.2) is 12.8 Å². The highest BCUT2D eigenvalue weighted by Crippen LogP contribution is 2.35. The van der Waals surface area contributed by atoms with Crippen molar-refractivity contribution in [1.29, 1.82) is 10.7 Å². The molecule has 1 atom stereocenters. The normalized spacial score (nSPS) is 16.9. The zero-order valence-corrected chi connectivity index (χ0v) is 22.4. The highest BCUT2D eigenvalue weighted by Gasteiger charge is 2.37. The third-order valence-corrected chi connectivity index (χ3v) is 8.71. The molecule has 0 aliphatic carbocycles. The molecule has 1 saturated heterocycles. The number of nitrogens with zero attached hydrogens (tertiary/aromatic N) is 3. The first kappa shape index (κ1) is 29.2. The summed E-state index contributed by atoms with van der Waals surface area (Å²) in [6.45, 7) is 1.44. The minimum Gasteiger partial charge on any atom is -0.355 e. The average molecular weight is 574 g/mol. The van der Waals surface area contributed by atoms with Crippen molar-refractivity contribution in [3.05, 3.63) is 88.7 Å². The molecule has 0 aromatic heterocycles. The second-order valence-electron chi connectivity index (χ2n) is 9.49. The van der Waals surface area contributed by atoms with Crippen LogP contribution in [0.25, 0.3) is 0 Å². The van der Waals surface area contributed by atoms with Gasteiger partial charge >= 0.3 is 6.18 Å². The standard InChI is InChI=1S/C28H27F4N5O2S/c1-19-14-26(35-23-6-4-22(29)5-7-23)21(17-34)15-25(19)27-18-37(13-12-36(27)11-10-28(30,31)32)40(38,39)24-8-2-20(16-33)3-9-24/h2-9,14-15,17,27,34-35H,10-13,18H2,1H3/t27-/m0/s1. The van der Waals surface area contributed by atoms with Crippen molar-refractivity contribution < 1.29 is 26.0 Å².